The van der Waals surface area contributed by atoms with E-state index in [-0.39, 0.29) is 23.8 Å². The van der Waals surface area contributed by atoms with Crippen LogP contribution in [-0.4, -0.2) is 42.0 Å². The molecule has 0 amide bonds. The van der Waals surface area contributed by atoms with Gasteiger partial charge in [-0.1, -0.05) is 13.8 Å². The van der Waals surface area contributed by atoms with Gasteiger partial charge in [0.05, 0.1) is 6.61 Å². The summed E-state index contributed by atoms with van der Waals surface area (Å²) >= 11 is 0. The summed E-state index contributed by atoms with van der Waals surface area (Å²) in [4.78, 5) is 13.2. The van der Waals surface area contributed by atoms with Crippen molar-refractivity contribution < 1.29 is 9.90 Å². The predicted molar refractivity (Wildman–Crippen MR) is 53.6 cm³/mol. The molecule has 1 N–H and O–H groups in total. The van der Waals surface area contributed by atoms with E-state index in [1.165, 1.54) is 0 Å². The van der Waals surface area contributed by atoms with Gasteiger partial charge < -0.3 is 10.0 Å². The van der Waals surface area contributed by atoms with Gasteiger partial charge in [0.25, 0.3) is 0 Å². The van der Waals surface area contributed by atoms with E-state index >= 15 is 0 Å². The number of carbonyl (C=O) groups is 1. The molecule has 0 rings (SSSR count). The Balaban J connectivity index is 4.19. The van der Waals surface area contributed by atoms with Gasteiger partial charge in [0.1, 0.15) is 5.78 Å². The molecule has 1 atom stereocenters. The highest BCUT2D eigenvalue weighted by Gasteiger charge is 2.26. The molecule has 0 spiro atoms. The molecule has 0 aliphatic carbocycles. The van der Waals surface area contributed by atoms with Crippen LogP contribution in [0.2, 0.25) is 0 Å². The second kappa shape index (κ2) is 4.72. The van der Waals surface area contributed by atoms with Crippen molar-refractivity contribution in [2.24, 2.45) is 5.41 Å². The third-order valence-electron chi connectivity index (χ3n) is 2.61. The zero-order chi connectivity index (χ0) is 10.6. The summed E-state index contributed by atoms with van der Waals surface area (Å²) < 4.78 is 0. The number of hydrogen-bond acceptors (Lipinski definition) is 3. The number of aliphatic hydroxyl groups excluding tert-OH is 1. The van der Waals surface area contributed by atoms with Crippen molar-refractivity contribution in [2.75, 3.05) is 20.2 Å². The van der Waals surface area contributed by atoms with Crippen LogP contribution in [0.3, 0.4) is 0 Å². The summed E-state index contributed by atoms with van der Waals surface area (Å²) in [6, 6.07) is 0.110. The van der Waals surface area contributed by atoms with E-state index in [9.17, 15) is 4.79 Å². The summed E-state index contributed by atoms with van der Waals surface area (Å²) in [5.41, 5.74) is -0.321. The molecule has 0 bridgehead atoms. The van der Waals surface area contributed by atoms with Gasteiger partial charge in [-0.15, -0.1) is 0 Å². The Morgan fingerprint density at radius 3 is 2.31 bits per heavy atom. The quantitative estimate of drug-likeness (QED) is 0.695. The van der Waals surface area contributed by atoms with E-state index in [2.05, 4.69) is 0 Å². The number of hydrogen-bond donors (Lipinski definition) is 1. The van der Waals surface area contributed by atoms with Crippen LogP contribution in [0.1, 0.15) is 27.7 Å². The van der Waals surface area contributed by atoms with Crippen LogP contribution >= 0.6 is 0 Å². The average Bonchev–Trinajstić information content (AvgIpc) is 2.01. The van der Waals surface area contributed by atoms with Crippen molar-refractivity contribution in [1.29, 1.82) is 0 Å². The van der Waals surface area contributed by atoms with Gasteiger partial charge in [-0.05, 0) is 20.9 Å². The number of aliphatic hydroxyl groups is 1. The first-order chi connectivity index (χ1) is 5.81. The van der Waals surface area contributed by atoms with Crippen molar-refractivity contribution in [3.63, 3.8) is 0 Å². The lowest BCUT2D eigenvalue weighted by Gasteiger charge is -2.31. The predicted octanol–water partition coefficient (Wildman–Crippen LogP) is 0.914. The van der Waals surface area contributed by atoms with Crippen LogP contribution in [0.25, 0.3) is 0 Å². The highest BCUT2D eigenvalue weighted by molar-refractivity contribution is 5.81. The van der Waals surface area contributed by atoms with E-state index in [0.717, 1.165) is 0 Å². The third-order valence-corrected chi connectivity index (χ3v) is 2.61. The Morgan fingerprint density at radius 2 is 2.00 bits per heavy atom. The summed E-state index contributed by atoms with van der Waals surface area (Å²) in [6.45, 7) is 8.22. The first kappa shape index (κ1) is 12.6. The molecule has 13 heavy (non-hydrogen) atoms. The fourth-order valence-corrected chi connectivity index (χ4v) is 1.03. The number of nitrogens with zero attached hydrogens (tertiary/aromatic N) is 1. The number of carbonyl (C=O) groups excluding carboxylic acids is 1. The standard InChI is InChI=1S/C10H21NO2/c1-8(6-12)11(5)7-10(3,4)9(2)13/h8,12H,6-7H2,1-5H3. The van der Waals surface area contributed by atoms with Crippen molar-refractivity contribution >= 4 is 5.78 Å². The Bertz CT molecular complexity index is 178. The summed E-state index contributed by atoms with van der Waals surface area (Å²) in [5, 5.41) is 8.91. The van der Waals surface area contributed by atoms with Crippen LogP contribution in [0.15, 0.2) is 0 Å². The highest BCUT2D eigenvalue weighted by atomic mass is 16.3. The minimum absolute atomic E-state index is 0.110. The molecule has 0 saturated heterocycles. The normalized spacial score (nSPS) is 14.7. The van der Waals surface area contributed by atoms with Crippen LogP contribution in [0, 0.1) is 5.41 Å². The summed E-state index contributed by atoms with van der Waals surface area (Å²) in [6.07, 6.45) is 0. The van der Waals surface area contributed by atoms with Crippen LogP contribution in [0.4, 0.5) is 0 Å². The molecule has 3 nitrogen and oxygen atoms in total. The van der Waals surface area contributed by atoms with Gasteiger partial charge in [0, 0.05) is 18.0 Å². The molecule has 1 unspecified atom stereocenters. The van der Waals surface area contributed by atoms with Crippen molar-refractivity contribution in [3.8, 4) is 0 Å². The Morgan fingerprint density at radius 1 is 1.54 bits per heavy atom. The van der Waals surface area contributed by atoms with Gasteiger partial charge in [-0.2, -0.15) is 0 Å². The van der Waals surface area contributed by atoms with E-state index in [1.807, 2.05) is 32.7 Å². The maximum atomic E-state index is 11.2. The van der Waals surface area contributed by atoms with E-state index in [4.69, 9.17) is 5.11 Å². The number of rotatable bonds is 5. The monoisotopic (exact) mass is 187 g/mol. The van der Waals surface area contributed by atoms with Gasteiger partial charge in [0.2, 0.25) is 0 Å². The second-order valence-corrected chi connectivity index (χ2v) is 4.39. The minimum Gasteiger partial charge on any atom is -0.395 e. The molecule has 0 aliphatic heterocycles. The largest absolute Gasteiger partial charge is 0.395 e. The topological polar surface area (TPSA) is 40.5 Å². The van der Waals surface area contributed by atoms with Gasteiger partial charge in [-0.3, -0.25) is 4.79 Å². The number of likely N-dealkylation sites (N-methyl/N-ethyl adjacent to an activating group) is 1. The van der Waals surface area contributed by atoms with Gasteiger partial charge in [-0.25, -0.2) is 0 Å². The molecule has 0 heterocycles. The molecule has 0 radical (unpaired) electrons. The molecular weight excluding hydrogens is 166 g/mol. The molecule has 0 aromatic heterocycles. The number of ketones is 1. The van der Waals surface area contributed by atoms with E-state index < -0.39 is 0 Å². The van der Waals surface area contributed by atoms with Crippen molar-refractivity contribution in [2.45, 2.75) is 33.7 Å². The van der Waals surface area contributed by atoms with Crippen LogP contribution in [0.5, 0.6) is 0 Å². The molecule has 0 saturated carbocycles. The van der Waals surface area contributed by atoms with E-state index in [0.29, 0.717) is 6.54 Å². The second-order valence-electron chi connectivity index (χ2n) is 4.39. The molecule has 78 valence electrons. The molecular formula is C10H21NO2. The highest BCUT2D eigenvalue weighted by Crippen LogP contribution is 2.18. The lowest BCUT2D eigenvalue weighted by Crippen LogP contribution is -2.41. The molecule has 3 heteroatoms. The molecule has 0 aromatic carbocycles. The lowest BCUT2D eigenvalue weighted by molar-refractivity contribution is -0.126. The zero-order valence-electron chi connectivity index (χ0n) is 9.29. The Kier molecular flexibility index (Phi) is 4.57. The zero-order valence-corrected chi connectivity index (χ0v) is 9.29. The van der Waals surface area contributed by atoms with E-state index in [1.54, 1.807) is 6.92 Å². The smallest absolute Gasteiger partial charge is 0.136 e. The van der Waals surface area contributed by atoms with Crippen LogP contribution in [-0.2, 0) is 4.79 Å². The maximum Gasteiger partial charge on any atom is 0.136 e. The summed E-state index contributed by atoms with van der Waals surface area (Å²) in [5.74, 6) is 0.185. The lowest BCUT2D eigenvalue weighted by atomic mass is 9.88. The van der Waals surface area contributed by atoms with Gasteiger partial charge >= 0.3 is 0 Å². The van der Waals surface area contributed by atoms with Gasteiger partial charge in [0.15, 0.2) is 0 Å². The van der Waals surface area contributed by atoms with Crippen molar-refractivity contribution in [3.05, 3.63) is 0 Å². The molecule has 0 aromatic rings. The first-order valence-electron chi connectivity index (χ1n) is 4.63. The first-order valence-corrected chi connectivity index (χ1v) is 4.63. The fourth-order valence-electron chi connectivity index (χ4n) is 1.03. The molecule has 0 aliphatic rings. The minimum atomic E-state index is -0.321. The Hall–Kier alpha value is -0.410. The average molecular weight is 187 g/mol. The molecule has 0 fully saturated rings. The fraction of sp³-hybridized carbons (Fsp3) is 0.900. The van der Waals surface area contributed by atoms with Crippen LogP contribution < -0.4 is 0 Å². The third kappa shape index (κ3) is 3.87. The number of Topliss-reactive ketones (excluding diaryl/α,β-unsaturated/α-hetero) is 1. The summed E-state index contributed by atoms with van der Waals surface area (Å²) in [7, 11) is 1.92. The SMILES string of the molecule is CC(=O)C(C)(C)CN(C)C(C)CO. The van der Waals surface area contributed by atoms with Crippen molar-refractivity contribution in [1.82, 2.24) is 4.90 Å². The maximum absolute atomic E-state index is 11.2. The Labute approximate surface area is 80.7 Å².